The lowest BCUT2D eigenvalue weighted by molar-refractivity contribution is -0.416. The van der Waals surface area contributed by atoms with Crippen LogP contribution in [0.5, 0.6) is 5.75 Å². The molecular formula is C7H4N4O5. The van der Waals surface area contributed by atoms with Gasteiger partial charge in [0.05, 0.1) is 15.6 Å². The maximum Gasteiger partial charge on any atom is 0.401 e. The van der Waals surface area contributed by atoms with Crippen LogP contribution in [0.2, 0.25) is 0 Å². The molecule has 0 saturated heterocycles. The van der Waals surface area contributed by atoms with E-state index in [1.807, 2.05) is 0 Å². The summed E-state index contributed by atoms with van der Waals surface area (Å²) in [7, 11) is 0. The summed E-state index contributed by atoms with van der Waals surface area (Å²) in [5.41, 5.74) is -2.55. The van der Waals surface area contributed by atoms with Crippen LogP contribution < -0.4 is 5.11 Å². The number of nitro benzene ring substituents is 2. The summed E-state index contributed by atoms with van der Waals surface area (Å²) in [6.45, 7) is 1.16. The molecule has 0 N–H and O–H groups in total. The fraction of sp³-hybridized carbons (Fsp3) is 0.143. The van der Waals surface area contributed by atoms with Crippen LogP contribution in [0.15, 0.2) is 6.07 Å². The van der Waals surface area contributed by atoms with Crippen molar-refractivity contribution in [2.24, 2.45) is 0 Å². The summed E-state index contributed by atoms with van der Waals surface area (Å²) in [4.78, 5) is 21.5. The standard InChI is InChI=1S/C7H4N4O5/c1-3-4(9-8)2-5(10(13)14)7(12)6(3)11(15)16/h2H,1H3. The van der Waals surface area contributed by atoms with Crippen molar-refractivity contribution in [1.29, 1.82) is 5.39 Å². The average Bonchev–Trinajstić information content (AvgIpc) is 2.16. The van der Waals surface area contributed by atoms with E-state index >= 15 is 0 Å². The molecule has 0 saturated carbocycles. The highest BCUT2D eigenvalue weighted by Crippen LogP contribution is 2.41. The summed E-state index contributed by atoms with van der Waals surface area (Å²) in [5, 5.41) is 40.8. The summed E-state index contributed by atoms with van der Waals surface area (Å²) in [5.74, 6) is -1.31. The highest BCUT2D eigenvalue weighted by atomic mass is 16.6. The zero-order valence-corrected chi connectivity index (χ0v) is 7.91. The third kappa shape index (κ3) is 1.59. The second-order valence-corrected chi connectivity index (χ2v) is 2.83. The molecule has 0 amide bonds. The van der Waals surface area contributed by atoms with E-state index in [0.29, 0.717) is 6.07 Å². The van der Waals surface area contributed by atoms with E-state index < -0.39 is 27.0 Å². The molecule has 0 aliphatic heterocycles. The number of diazo groups is 1. The van der Waals surface area contributed by atoms with Gasteiger partial charge in [-0.05, 0) is 6.92 Å². The van der Waals surface area contributed by atoms with Crippen LogP contribution in [-0.2, 0) is 0 Å². The fourth-order valence-corrected chi connectivity index (χ4v) is 1.18. The smallest absolute Gasteiger partial charge is 0.401 e. The predicted molar refractivity (Wildman–Crippen MR) is 48.7 cm³/mol. The molecule has 9 heteroatoms. The molecule has 82 valence electrons. The molecule has 0 aliphatic carbocycles. The van der Waals surface area contributed by atoms with E-state index in [-0.39, 0.29) is 11.3 Å². The van der Waals surface area contributed by atoms with Gasteiger partial charge in [0.1, 0.15) is 11.6 Å². The molecular weight excluding hydrogens is 220 g/mol. The average molecular weight is 224 g/mol. The molecule has 0 aromatic heterocycles. The van der Waals surface area contributed by atoms with Crippen molar-refractivity contribution < 1.29 is 15.0 Å². The summed E-state index contributed by atoms with van der Waals surface area (Å²) in [6.07, 6.45) is 0. The van der Waals surface area contributed by atoms with E-state index in [0.717, 1.165) is 6.92 Å². The molecule has 0 bridgehead atoms. The van der Waals surface area contributed by atoms with Gasteiger partial charge in [-0.2, -0.15) is 0 Å². The second kappa shape index (κ2) is 3.77. The Bertz CT molecular complexity index is 533. The Morgan fingerprint density at radius 1 is 1.31 bits per heavy atom. The van der Waals surface area contributed by atoms with Gasteiger partial charge in [-0.25, -0.2) is 0 Å². The quantitative estimate of drug-likeness (QED) is 0.422. The van der Waals surface area contributed by atoms with E-state index in [1.54, 1.807) is 0 Å². The van der Waals surface area contributed by atoms with Crippen molar-refractivity contribution in [3.8, 4) is 5.75 Å². The Morgan fingerprint density at radius 2 is 1.88 bits per heavy atom. The monoisotopic (exact) mass is 224 g/mol. The number of rotatable bonds is 2. The summed E-state index contributed by atoms with van der Waals surface area (Å²) in [6, 6.07) is 0.685. The first-order chi connectivity index (χ1) is 7.40. The minimum absolute atomic E-state index is 0.219. The van der Waals surface area contributed by atoms with Crippen LogP contribution in [0.25, 0.3) is 4.98 Å². The lowest BCUT2D eigenvalue weighted by Crippen LogP contribution is -2.04. The molecule has 0 aliphatic rings. The van der Waals surface area contributed by atoms with Crippen molar-refractivity contribution in [2.45, 2.75) is 6.92 Å². The number of hydrogen-bond acceptors (Lipinski definition) is 6. The Hall–Kier alpha value is -2.76. The first-order valence-electron chi connectivity index (χ1n) is 3.88. The Balaban J connectivity index is 3.73. The molecule has 1 rings (SSSR count). The molecule has 0 unspecified atom stereocenters. The lowest BCUT2D eigenvalue weighted by Gasteiger charge is -2.07. The first kappa shape index (κ1) is 11.3. The number of nitrogens with zero attached hydrogens (tertiary/aromatic N) is 4. The van der Waals surface area contributed by atoms with Gasteiger partial charge in [0, 0.05) is 0 Å². The van der Waals surface area contributed by atoms with Gasteiger partial charge >= 0.3 is 5.69 Å². The first-order valence-corrected chi connectivity index (χ1v) is 3.88. The third-order valence-corrected chi connectivity index (χ3v) is 1.95. The summed E-state index contributed by atoms with van der Waals surface area (Å²) >= 11 is 0. The van der Waals surface area contributed by atoms with Crippen molar-refractivity contribution in [2.75, 3.05) is 0 Å². The van der Waals surface area contributed by atoms with Crippen molar-refractivity contribution in [1.82, 2.24) is 0 Å². The van der Waals surface area contributed by atoms with Gasteiger partial charge in [-0.3, -0.25) is 20.2 Å². The predicted octanol–water partition coefficient (Wildman–Crippen LogP) is 1.37. The van der Waals surface area contributed by atoms with Gasteiger partial charge in [0.15, 0.2) is 4.98 Å². The summed E-state index contributed by atoms with van der Waals surface area (Å²) < 4.78 is 0. The van der Waals surface area contributed by atoms with Crippen LogP contribution in [0.3, 0.4) is 0 Å². The second-order valence-electron chi connectivity index (χ2n) is 2.83. The van der Waals surface area contributed by atoms with Crippen LogP contribution in [0.1, 0.15) is 5.56 Å². The van der Waals surface area contributed by atoms with Gasteiger partial charge in [0.2, 0.25) is 5.39 Å². The Labute approximate surface area is 87.9 Å². The topological polar surface area (TPSA) is 137 Å². The van der Waals surface area contributed by atoms with Crippen LogP contribution in [0, 0.1) is 32.5 Å². The maximum atomic E-state index is 11.3. The fourth-order valence-electron chi connectivity index (χ4n) is 1.18. The molecule has 9 nitrogen and oxygen atoms in total. The van der Waals surface area contributed by atoms with E-state index in [2.05, 4.69) is 4.98 Å². The van der Waals surface area contributed by atoms with Gasteiger partial charge in [0.25, 0.3) is 11.4 Å². The molecule has 0 atom stereocenters. The van der Waals surface area contributed by atoms with Gasteiger partial charge < -0.3 is 5.11 Å². The lowest BCUT2D eigenvalue weighted by atomic mass is 10.1. The SMILES string of the molecule is Cc1c([N+]#N)cc([N+](=O)[O-])c([O-])c1[N+](=O)[O-]. The molecule has 0 heterocycles. The van der Waals surface area contributed by atoms with Crippen molar-refractivity contribution >= 4 is 17.1 Å². The van der Waals surface area contributed by atoms with E-state index in [9.17, 15) is 25.3 Å². The van der Waals surface area contributed by atoms with Crippen LogP contribution in [0.4, 0.5) is 17.1 Å². The van der Waals surface area contributed by atoms with E-state index in [4.69, 9.17) is 5.39 Å². The Morgan fingerprint density at radius 3 is 2.25 bits per heavy atom. The Kier molecular flexibility index (Phi) is 2.67. The minimum atomic E-state index is -1.31. The zero-order chi connectivity index (χ0) is 12.5. The minimum Gasteiger partial charge on any atom is -0.863 e. The number of nitro groups is 2. The molecule has 0 spiro atoms. The number of hydrogen-bond donors (Lipinski definition) is 0. The van der Waals surface area contributed by atoms with Crippen molar-refractivity contribution in [3.63, 3.8) is 0 Å². The zero-order valence-electron chi connectivity index (χ0n) is 7.91. The van der Waals surface area contributed by atoms with Gasteiger partial charge in [-0.1, -0.05) is 0 Å². The van der Waals surface area contributed by atoms with Gasteiger partial charge in [-0.15, -0.1) is 0 Å². The van der Waals surface area contributed by atoms with Crippen LogP contribution in [-0.4, -0.2) is 9.85 Å². The van der Waals surface area contributed by atoms with Crippen molar-refractivity contribution in [3.05, 3.63) is 36.8 Å². The van der Waals surface area contributed by atoms with Crippen LogP contribution >= 0.6 is 0 Å². The molecule has 16 heavy (non-hydrogen) atoms. The maximum absolute atomic E-state index is 11.3. The normalized spacial score (nSPS) is 9.50. The molecule has 1 aromatic rings. The molecule has 0 fully saturated rings. The largest absolute Gasteiger partial charge is 0.863 e. The number of benzene rings is 1. The molecule has 0 radical (unpaired) electrons. The van der Waals surface area contributed by atoms with E-state index in [1.165, 1.54) is 0 Å². The third-order valence-electron chi connectivity index (χ3n) is 1.95. The highest BCUT2D eigenvalue weighted by molar-refractivity contribution is 5.73. The highest BCUT2D eigenvalue weighted by Gasteiger charge is 2.30. The molecule has 1 aromatic carbocycles.